The maximum Gasteiger partial charge on any atom is 0.307 e. The van der Waals surface area contributed by atoms with E-state index in [4.69, 9.17) is 14.6 Å². The predicted octanol–water partition coefficient (Wildman–Crippen LogP) is 4.22. The number of aromatic nitrogens is 4. The molecule has 186 valence electrons. The molecule has 0 saturated carbocycles. The molecule has 35 heavy (non-hydrogen) atoms. The van der Waals surface area contributed by atoms with Gasteiger partial charge in [0.2, 0.25) is 5.82 Å². The Morgan fingerprint density at radius 1 is 1.26 bits per heavy atom. The van der Waals surface area contributed by atoms with Crippen molar-refractivity contribution >= 4 is 5.97 Å². The lowest BCUT2D eigenvalue weighted by Gasteiger charge is -2.29. The zero-order valence-corrected chi connectivity index (χ0v) is 21.4. The van der Waals surface area contributed by atoms with Crippen molar-refractivity contribution in [1.29, 1.82) is 0 Å². The van der Waals surface area contributed by atoms with Crippen LogP contribution in [0.25, 0.3) is 23.0 Å². The fraction of sp³-hybridized carbons (Fsp3) is 0.556. The SMILES string of the molecule is Cc1cc(-c2noc(-c3nn(C)c4c3CCC(C)(C)C4)n2)cc(C)c1CCN1CC[C@H](C(=O)O)C1. The molecule has 1 N–H and O–H groups in total. The van der Waals surface area contributed by atoms with E-state index in [2.05, 4.69) is 49.9 Å². The van der Waals surface area contributed by atoms with Crippen LogP contribution in [0.1, 0.15) is 54.6 Å². The first-order chi connectivity index (χ1) is 16.6. The van der Waals surface area contributed by atoms with Gasteiger partial charge in [-0.1, -0.05) is 19.0 Å². The number of benzene rings is 1. The second kappa shape index (κ2) is 8.90. The molecule has 1 aromatic carbocycles. The number of hydrogen-bond donors (Lipinski definition) is 1. The largest absolute Gasteiger partial charge is 0.481 e. The summed E-state index contributed by atoms with van der Waals surface area (Å²) in [5.74, 6) is 0.150. The number of rotatable bonds is 6. The molecule has 1 aliphatic carbocycles. The Balaban J connectivity index is 1.34. The standard InChI is InChI=1S/C27H35N5O3/c1-16-12-19(13-17(2)20(16)8-11-32-10-7-18(15-32)26(33)34)24-28-25(35-30-24)23-21-6-9-27(3,4)14-22(21)31(5)29-23/h12-13,18H,6-11,14-15H2,1-5H3,(H,33,34)/t18-/m0/s1. The molecule has 8 heteroatoms. The molecule has 2 aromatic heterocycles. The number of nitrogens with zero attached hydrogens (tertiary/aromatic N) is 5. The van der Waals surface area contributed by atoms with Crippen LogP contribution in [0.3, 0.4) is 0 Å². The Bertz CT molecular complexity index is 1250. The Morgan fingerprint density at radius 2 is 2.00 bits per heavy atom. The topological polar surface area (TPSA) is 97.3 Å². The number of fused-ring (bicyclic) bond motifs is 1. The highest BCUT2D eigenvalue weighted by atomic mass is 16.5. The van der Waals surface area contributed by atoms with Crippen molar-refractivity contribution in [2.45, 2.75) is 59.8 Å². The first kappa shape index (κ1) is 23.7. The molecule has 1 aliphatic heterocycles. The van der Waals surface area contributed by atoms with Crippen LogP contribution in [-0.2, 0) is 31.1 Å². The first-order valence-electron chi connectivity index (χ1n) is 12.6. The molecule has 0 amide bonds. The zero-order valence-electron chi connectivity index (χ0n) is 21.4. The van der Waals surface area contributed by atoms with E-state index in [0.717, 1.165) is 56.5 Å². The number of aryl methyl sites for hydroxylation is 3. The van der Waals surface area contributed by atoms with Crippen LogP contribution in [0.2, 0.25) is 0 Å². The average Bonchev–Trinajstić information content (AvgIpc) is 3.52. The van der Waals surface area contributed by atoms with Crippen molar-refractivity contribution in [2.75, 3.05) is 19.6 Å². The Morgan fingerprint density at radius 3 is 2.69 bits per heavy atom. The van der Waals surface area contributed by atoms with Crippen LogP contribution in [0.4, 0.5) is 0 Å². The monoisotopic (exact) mass is 477 g/mol. The minimum Gasteiger partial charge on any atom is -0.481 e. The number of likely N-dealkylation sites (tertiary alicyclic amines) is 1. The van der Waals surface area contributed by atoms with Crippen LogP contribution in [-0.4, -0.2) is 55.5 Å². The third kappa shape index (κ3) is 4.63. The van der Waals surface area contributed by atoms with Gasteiger partial charge in [0.1, 0.15) is 0 Å². The third-order valence-electron chi connectivity index (χ3n) is 7.86. The fourth-order valence-corrected chi connectivity index (χ4v) is 5.72. The minimum atomic E-state index is -0.682. The number of carboxylic acid groups (broad SMARTS) is 1. The van der Waals surface area contributed by atoms with Crippen molar-refractivity contribution in [2.24, 2.45) is 18.4 Å². The molecular weight excluding hydrogens is 442 g/mol. The Labute approximate surface area is 206 Å². The summed E-state index contributed by atoms with van der Waals surface area (Å²) < 4.78 is 7.67. The highest BCUT2D eigenvalue weighted by molar-refractivity contribution is 5.70. The van der Waals surface area contributed by atoms with Crippen molar-refractivity contribution in [1.82, 2.24) is 24.8 Å². The van der Waals surface area contributed by atoms with E-state index >= 15 is 0 Å². The molecule has 2 aliphatic rings. The van der Waals surface area contributed by atoms with Crippen LogP contribution >= 0.6 is 0 Å². The molecule has 1 saturated heterocycles. The summed E-state index contributed by atoms with van der Waals surface area (Å²) in [5, 5.41) is 18.3. The van der Waals surface area contributed by atoms with E-state index in [1.807, 2.05) is 11.7 Å². The van der Waals surface area contributed by atoms with Gasteiger partial charge in [0, 0.05) is 37.0 Å². The van der Waals surface area contributed by atoms with Gasteiger partial charge in [0.15, 0.2) is 5.69 Å². The Hall–Kier alpha value is -3.00. The van der Waals surface area contributed by atoms with Gasteiger partial charge < -0.3 is 14.5 Å². The first-order valence-corrected chi connectivity index (χ1v) is 12.6. The predicted molar refractivity (Wildman–Crippen MR) is 133 cm³/mol. The summed E-state index contributed by atoms with van der Waals surface area (Å²) in [6, 6.07) is 4.24. The maximum atomic E-state index is 11.2. The second-order valence-electron chi connectivity index (χ2n) is 11.1. The summed E-state index contributed by atoms with van der Waals surface area (Å²) in [6.07, 6.45) is 4.73. The summed E-state index contributed by atoms with van der Waals surface area (Å²) in [4.78, 5) is 18.2. The van der Waals surface area contributed by atoms with Crippen LogP contribution < -0.4 is 0 Å². The second-order valence-corrected chi connectivity index (χ2v) is 11.1. The number of carboxylic acids is 1. The number of hydrogen-bond acceptors (Lipinski definition) is 6. The summed E-state index contributed by atoms with van der Waals surface area (Å²) in [6.45, 7) is 11.2. The quantitative estimate of drug-likeness (QED) is 0.568. The molecule has 0 radical (unpaired) electrons. The fourth-order valence-electron chi connectivity index (χ4n) is 5.72. The highest BCUT2D eigenvalue weighted by Crippen LogP contribution is 2.38. The van der Waals surface area contributed by atoms with E-state index in [1.165, 1.54) is 27.9 Å². The van der Waals surface area contributed by atoms with Crippen molar-refractivity contribution in [3.8, 4) is 23.0 Å². The van der Waals surface area contributed by atoms with Gasteiger partial charge in [-0.2, -0.15) is 10.1 Å². The van der Waals surface area contributed by atoms with Crippen LogP contribution in [0.15, 0.2) is 16.7 Å². The zero-order chi connectivity index (χ0) is 24.9. The van der Waals surface area contributed by atoms with Crippen LogP contribution in [0, 0.1) is 25.2 Å². The molecule has 3 aromatic rings. The molecule has 5 rings (SSSR count). The molecule has 0 bridgehead atoms. The van der Waals surface area contributed by atoms with E-state index in [-0.39, 0.29) is 11.3 Å². The van der Waals surface area contributed by atoms with E-state index in [1.54, 1.807) is 0 Å². The van der Waals surface area contributed by atoms with Crippen molar-refractivity contribution in [3.63, 3.8) is 0 Å². The lowest BCUT2D eigenvalue weighted by molar-refractivity contribution is -0.141. The highest BCUT2D eigenvalue weighted by Gasteiger charge is 2.32. The Kier molecular flexibility index (Phi) is 6.03. The minimum absolute atomic E-state index is 0.233. The van der Waals surface area contributed by atoms with Gasteiger partial charge >= 0.3 is 5.97 Å². The molecule has 1 fully saturated rings. The summed E-state index contributed by atoms with van der Waals surface area (Å²) in [5.41, 5.74) is 8.22. The lowest BCUT2D eigenvalue weighted by atomic mass is 9.76. The molecule has 0 unspecified atom stereocenters. The van der Waals surface area contributed by atoms with Gasteiger partial charge in [-0.05, 0) is 86.7 Å². The number of carbonyl (C=O) groups is 1. The van der Waals surface area contributed by atoms with Crippen molar-refractivity contribution < 1.29 is 14.4 Å². The smallest absolute Gasteiger partial charge is 0.307 e. The van der Waals surface area contributed by atoms with Gasteiger partial charge in [0.05, 0.1) is 5.92 Å². The normalized spacial score (nSPS) is 19.7. The lowest BCUT2D eigenvalue weighted by Crippen LogP contribution is -2.25. The van der Waals surface area contributed by atoms with E-state index in [9.17, 15) is 9.90 Å². The average molecular weight is 478 g/mol. The molecule has 3 heterocycles. The van der Waals surface area contributed by atoms with Gasteiger partial charge in [-0.25, -0.2) is 0 Å². The van der Waals surface area contributed by atoms with E-state index < -0.39 is 5.97 Å². The number of aliphatic carboxylic acids is 1. The van der Waals surface area contributed by atoms with E-state index in [0.29, 0.717) is 18.3 Å². The van der Waals surface area contributed by atoms with Gasteiger partial charge in [0.25, 0.3) is 5.89 Å². The molecule has 1 atom stereocenters. The summed E-state index contributed by atoms with van der Waals surface area (Å²) in [7, 11) is 2.00. The summed E-state index contributed by atoms with van der Waals surface area (Å²) >= 11 is 0. The molecule has 8 nitrogen and oxygen atoms in total. The molecular formula is C27H35N5O3. The van der Waals surface area contributed by atoms with Crippen LogP contribution in [0.5, 0.6) is 0 Å². The maximum absolute atomic E-state index is 11.2. The van der Waals surface area contributed by atoms with Gasteiger partial charge in [-0.3, -0.25) is 9.48 Å². The van der Waals surface area contributed by atoms with Gasteiger partial charge in [-0.15, -0.1) is 0 Å². The molecule has 0 spiro atoms. The van der Waals surface area contributed by atoms with Crippen molar-refractivity contribution in [3.05, 3.63) is 40.1 Å². The third-order valence-corrected chi connectivity index (χ3v) is 7.86.